The molecule has 9 heteroatoms. The first-order chi connectivity index (χ1) is 16.8. The molecule has 0 rings (SSSR count). The van der Waals surface area contributed by atoms with Crippen LogP contribution in [0.4, 0.5) is 0 Å². The molecule has 0 aliphatic heterocycles. The van der Waals surface area contributed by atoms with Crippen molar-refractivity contribution in [2.24, 2.45) is 0 Å². The molecule has 0 saturated carbocycles. The largest absolute Gasteiger partial charge is 1.00 e. The van der Waals surface area contributed by atoms with Gasteiger partial charge in [0.2, 0.25) is 0 Å². The predicted octanol–water partition coefficient (Wildman–Crippen LogP) is -3.75. The number of hydrogen-bond donors (Lipinski definition) is 0. The minimum absolute atomic E-state index is 0. The normalized spacial score (nSPS) is 9.24. The van der Waals surface area contributed by atoms with Crippen molar-refractivity contribution in [1.29, 1.82) is 0 Å². The maximum atomic E-state index is 10.1. The smallest absolute Gasteiger partial charge is 0.550 e. The van der Waals surface area contributed by atoms with E-state index in [1.165, 1.54) is 83.5 Å². The molecule has 0 heterocycles. The zero-order valence-corrected chi connectivity index (χ0v) is 34.5. The van der Waals surface area contributed by atoms with Crippen LogP contribution in [-0.2, 0) is 14.4 Å². The van der Waals surface area contributed by atoms with Crippen LogP contribution >= 0.6 is 0 Å². The van der Waals surface area contributed by atoms with E-state index in [0.717, 1.165) is 44.9 Å². The molecule has 0 spiro atoms. The summed E-state index contributed by atoms with van der Waals surface area (Å²) in [6.07, 6.45) is 23.7. The molecule has 6 nitrogen and oxygen atoms in total. The molecule has 0 atom stereocenters. The first-order valence-electron chi connectivity index (χ1n) is 14.4. The Labute approximate surface area is 342 Å². The minimum Gasteiger partial charge on any atom is -0.550 e. The van der Waals surface area contributed by atoms with Gasteiger partial charge in [-0.2, -0.15) is 0 Å². The summed E-state index contributed by atoms with van der Waals surface area (Å²) in [6, 6.07) is 0. The van der Waals surface area contributed by atoms with E-state index in [0.29, 0.717) is 0 Å². The summed E-state index contributed by atoms with van der Waals surface area (Å²) in [4.78, 5) is 30.0. The molecule has 0 saturated heterocycles. The molecule has 0 amide bonds. The van der Waals surface area contributed by atoms with Crippen molar-refractivity contribution in [3.05, 3.63) is 0 Å². The third-order valence-electron chi connectivity index (χ3n) is 5.70. The minimum atomic E-state index is -0.920. The monoisotopic (exact) mass is 600 g/mol. The van der Waals surface area contributed by atoms with E-state index in [9.17, 15) is 29.7 Å². The van der Waals surface area contributed by atoms with Gasteiger partial charge < -0.3 is 29.7 Å². The Morgan fingerprint density at radius 3 is 0.684 bits per heavy atom. The maximum Gasteiger partial charge on any atom is 1.00 e. The number of rotatable bonds is 23. The topological polar surface area (TPSA) is 120 Å². The van der Waals surface area contributed by atoms with Gasteiger partial charge in [0.25, 0.3) is 0 Å². The van der Waals surface area contributed by atoms with Crippen molar-refractivity contribution >= 4 is 17.9 Å². The molecule has 38 heavy (non-hydrogen) atoms. The van der Waals surface area contributed by atoms with Crippen molar-refractivity contribution in [3.63, 3.8) is 0 Å². The molecule has 0 unspecified atom stereocenters. The summed E-state index contributed by atoms with van der Waals surface area (Å²) in [5.41, 5.74) is 0. The Balaban J connectivity index is -0.0000000987. The van der Waals surface area contributed by atoms with E-state index in [1.54, 1.807) is 0 Å². The molecule has 0 radical (unpaired) electrons. The van der Waals surface area contributed by atoms with Gasteiger partial charge in [-0.25, -0.2) is 0 Å². The van der Waals surface area contributed by atoms with Crippen LogP contribution in [0.3, 0.4) is 0 Å². The van der Waals surface area contributed by atoms with Crippen molar-refractivity contribution < 1.29 is 162 Å². The zero-order chi connectivity index (χ0) is 27.0. The van der Waals surface area contributed by atoms with Gasteiger partial charge in [-0.15, -0.1) is 0 Å². The maximum absolute atomic E-state index is 10.1. The predicted molar refractivity (Wildman–Crippen MR) is 138 cm³/mol. The first kappa shape index (κ1) is 53.3. The van der Waals surface area contributed by atoms with Gasteiger partial charge in [0.15, 0.2) is 0 Å². The van der Waals surface area contributed by atoms with Gasteiger partial charge in [0, 0.05) is 17.9 Å². The second-order valence-electron chi connectivity index (χ2n) is 9.38. The van der Waals surface area contributed by atoms with Gasteiger partial charge >= 0.3 is 132 Å². The van der Waals surface area contributed by atoms with Crippen LogP contribution in [0.25, 0.3) is 0 Å². The van der Waals surface area contributed by atoms with E-state index >= 15 is 0 Å². The van der Waals surface area contributed by atoms with Crippen LogP contribution in [0.5, 0.6) is 0 Å². The molecule has 0 aromatic carbocycles. The first-order valence-corrected chi connectivity index (χ1v) is 14.4. The second kappa shape index (κ2) is 49.4. The Morgan fingerprint density at radius 2 is 0.526 bits per heavy atom. The summed E-state index contributed by atoms with van der Waals surface area (Å²) in [7, 11) is 0. The molecule has 0 aliphatic rings. The van der Waals surface area contributed by atoms with Crippen molar-refractivity contribution in [1.82, 2.24) is 0 Å². The molecular formula is C29H55K2NaO6. The average Bonchev–Trinajstić information content (AvgIpc) is 2.80. The third kappa shape index (κ3) is 66.8. The molecule has 0 aliphatic carbocycles. The Hall–Kier alpha value is 2.68. The fourth-order valence-corrected chi connectivity index (χ4v) is 3.50. The molecule has 0 aromatic rings. The van der Waals surface area contributed by atoms with E-state index in [4.69, 9.17) is 0 Å². The molecular weight excluding hydrogens is 545 g/mol. The van der Waals surface area contributed by atoms with Crippen LogP contribution in [0.2, 0.25) is 0 Å². The van der Waals surface area contributed by atoms with E-state index < -0.39 is 17.9 Å². The molecule has 0 aromatic heterocycles. The number of carbonyl (C=O) groups excluding carboxylic acids is 3. The SMILES string of the molecule is CCCCCCCC(=O)[O-].CCCCCCCCC(=O)[O-].CCCCCCCCCCCC(=O)[O-].[K+].[K+].[Na+]. The summed E-state index contributed by atoms with van der Waals surface area (Å²) in [6.45, 7) is 6.53. The van der Waals surface area contributed by atoms with Gasteiger partial charge in [0.1, 0.15) is 0 Å². The molecule has 210 valence electrons. The van der Waals surface area contributed by atoms with Crippen LogP contribution in [0.1, 0.15) is 168 Å². The van der Waals surface area contributed by atoms with Crippen LogP contribution in [0.15, 0.2) is 0 Å². The standard InChI is InChI=1S/C12H24O2.C9H18O2.C8H16O2.2K.Na/c1-2-3-4-5-6-7-8-9-10-11-12(13)14;1-2-3-4-5-6-7-8-9(10)11;1-2-3-4-5-6-7-8(9)10;;;/h2-11H2,1H3,(H,13,14);2-8H2,1H3,(H,10,11);2-7H2,1H3,(H,9,10);;;/q;;;3*+1/p-3. The number of carboxylic acid groups (broad SMARTS) is 3. The third-order valence-corrected chi connectivity index (χ3v) is 5.70. The van der Waals surface area contributed by atoms with Gasteiger partial charge in [0.05, 0.1) is 0 Å². The number of carboxylic acids is 3. The van der Waals surface area contributed by atoms with Crippen molar-refractivity contribution in [2.45, 2.75) is 168 Å². The van der Waals surface area contributed by atoms with Crippen molar-refractivity contribution in [2.75, 3.05) is 0 Å². The van der Waals surface area contributed by atoms with E-state index in [1.807, 2.05) is 0 Å². The number of hydrogen-bond acceptors (Lipinski definition) is 6. The van der Waals surface area contributed by atoms with E-state index in [2.05, 4.69) is 20.8 Å². The second-order valence-corrected chi connectivity index (χ2v) is 9.38. The summed E-state index contributed by atoms with van der Waals surface area (Å²) >= 11 is 0. The number of unbranched alkanes of at least 4 members (excludes halogenated alkanes) is 17. The van der Waals surface area contributed by atoms with Gasteiger partial charge in [-0.05, 0) is 38.5 Å². The average molecular weight is 601 g/mol. The molecule has 0 N–H and O–H groups in total. The number of aliphatic carboxylic acids is 3. The number of carbonyl (C=O) groups is 3. The molecule has 0 bridgehead atoms. The fourth-order valence-electron chi connectivity index (χ4n) is 3.50. The van der Waals surface area contributed by atoms with Crippen molar-refractivity contribution in [3.8, 4) is 0 Å². The van der Waals surface area contributed by atoms with E-state index in [-0.39, 0.29) is 152 Å². The summed E-state index contributed by atoms with van der Waals surface area (Å²) in [5.74, 6) is -2.75. The van der Waals surface area contributed by atoms with Crippen LogP contribution in [0, 0.1) is 0 Å². The Kier molecular flexibility index (Phi) is 69.2. The molecule has 0 fully saturated rings. The Bertz CT molecular complexity index is 468. The van der Waals surface area contributed by atoms with Crippen LogP contribution in [-0.4, -0.2) is 17.9 Å². The fraction of sp³-hybridized carbons (Fsp3) is 0.897. The quantitative estimate of drug-likeness (QED) is 0.0878. The summed E-state index contributed by atoms with van der Waals surface area (Å²) < 4.78 is 0. The van der Waals surface area contributed by atoms with Crippen LogP contribution < -0.4 is 148 Å². The summed E-state index contributed by atoms with van der Waals surface area (Å²) in [5, 5.41) is 30.0. The Morgan fingerprint density at radius 1 is 0.368 bits per heavy atom. The van der Waals surface area contributed by atoms with Gasteiger partial charge in [-0.3, -0.25) is 0 Å². The zero-order valence-electron chi connectivity index (χ0n) is 26.2. The van der Waals surface area contributed by atoms with Gasteiger partial charge in [-0.1, -0.05) is 130 Å².